The number of nitrogens with one attached hydrogen (secondary N) is 1. The first-order chi connectivity index (χ1) is 17.4. The Kier molecular flexibility index (Phi) is 6.93. The van der Waals surface area contributed by atoms with E-state index in [1.54, 1.807) is 16.8 Å². The molecule has 2 aromatic carbocycles. The topological polar surface area (TPSA) is 82.9 Å². The molecule has 0 saturated carbocycles. The summed E-state index contributed by atoms with van der Waals surface area (Å²) in [6, 6.07) is 12.1. The van der Waals surface area contributed by atoms with Crippen molar-refractivity contribution in [3.63, 3.8) is 0 Å². The van der Waals surface area contributed by atoms with Crippen molar-refractivity contribution < 1.29 is 4.39 Å². The van der Waals surface area contributed by atoms with E-state index in [0.29, 0.717) is 17.9 Å². The Labute approximate surface area is 209 Å². The van der Waals surface area contributed by atoms with E-state index < -0.39 is 6.04 Å². The third-order valence-corrected chi connectivity index (χ3v) is 6.98. The van der Waals surface area contributed by atoms with E-state index >= 15 is 0 Å². The first-order valence-electron chi connectivity index (χ1n) is 12.5. The van der Waals surface area contributed by atoms with E-state index in [4.69, 9.17) is 0 Å². The van der Waals surface area contributed by atoms with E-state index in [-0.39, 0.29) is 11.4 Å². The molecule has 3 heterocycles. The molecule has 1 fully saturated rings. The third kappa shape index (κ3) is 4.94. The Morgan fingerprint density at radius 2 is 1.81 bits per heavy atom. The number of aromatic amines is 1. The molecule has 0 radical (unpaired) electrons. The lowest BCUT2D eigenvalue weighted by Gasteiger charge is -2.38. The molecule has 188 valence electrons. The van der Waals surface area contributed by atoms with Gasteiger partial charge >= 0.3 is 0 Å². The number of hydrogen-bond acceptors (Lipinski definition) is 6. The first kappa shape index (κ1) is 24.3. The van der Waals surface area contributed by atoms with Gasteiger partial charge in [-0.1, -0.05) is 30.7 Å². The Bertz CT molecular complexity index is 1400. The van der Waals surface area contributed by atoms with Crippen molar-refractivity contribution in [2.75, 3.05) is 32.7 Å². The van der Waals surface area contributed by atoms with Gasteiger partial charge in [0.1, 0.15) is 11.9 Å². The lowest BCUT2D eigenvalue weighted by atomic mass is 10.00. The number of piperazine rings is 1. The molecule has 1 atom stereocenters. The van der Waals surface area contributed by atoms with Crippen LogP contribution in [-0.4, -0.2) is 67.7 Å². The van der Waals surface area contributed by atoms with Crippen LogP contribution in [0, 0.1) is 19.7 Å². The standard InChI is InChI=1S/C27H32FN7O/c1-4-9-33-10-12-34(13-11-33)25(23-16-21-15-18(2)14-19(3)24(21)29-27(23)36)26-30-31-32-35(26)17-20-5-7-22(28)8-6-20/h5-8,14-16,25H,4,9-13,17H2,1-3H3,(H,29,36)/t25-/m1/s1. The maximum absolute atomic E-state index is 13.5. The van der Waals surface area contributed by atoms with E-state index in [1.807, 2.05) is 13.0 Å². The lowest BCUT2D eigenvalue weighted by molar-refractivity contribution is 0.104. The van der Waals surface area contributed by atoms with Gasteiger partial charge in [-0.15, -0.1) is 5.10 Å². The van der Waals surface area contributed by atoms with Gasteiger partial charge in [0.2, 0.25) is 0 Å². The van der Waals surface area contributed by atoms with Crippen LogP contribution >= 0.6 is 0 Å². The predicted molar refractivity (Wildman–Crippen MR) is 138 cm³/mol. The Morgan fingerprint density at radius 3 is 2.53 bits per heavy atom. The van der Waals surface area contributed by atoms with Crippen LogP contribution in [0.3, 0.4) is 0 Å². The molecule has 1 aliphatic rings. The summed E-state index contributed by atoms with van der Waals surface area (Å²) in [6.07, 6.45) is 1.11. The summed E-state index contributed by atoms with van der Waals surface area (Å²) in [4.78, 5) is 21.4. The van der Waals surface area contributed by atoms with Gasteiger partial charge in [-0.3, -0.25) is 9.69 Å². The molecule has 8 nitrogen and oxygen atoms in total. The average molecular weight is 490 g/mol. The molecule has 0 spiro atoms. The Morgan fingerprint density at radius 1 is 1.06 bits per heavy atom. The zero-order chi connectivity index (χ0) is 25.2. The molecule has 2 aromatic heterocycles. The number of fused-ring (bicyclic) bond motifs is 1. The Hall–Kier alpha value is -3.43. The summed E-state index contributed by atoms with van der Waals surface area (Å²) >= 11 is 0. The second-order valence-electron chi connectivity index (χ2n) is 9.70. The van der Waals surface area contributed by atoms with Gasteiger partial charge in [-0.25, -0.2) is 9.07 Å². The second kappa shape index (κ2) is 10.3. The zero-order valence-corrected chi connectivity index (χ0v) is 21.0. The van der Waals surface area contributed by atoms with Gasteiger partial charge in [-0.2, -0.15) is 0 Å². The number of rotatable bonds is 7. The number of pyridine rings is 1. The highest BCUT2D eigenvalue weighted by atomic mass is 19.1. The number of aryl methyl sites for hydroxylation is 2. The van der Waals surface area contributed by atoms with Crippen LogP contribution in [-0.2, 0) is 6.54 Å². The van der Waals surface area contributed by atoms with Crippen LogP contribution in [0.15, 0.2) is 47.3 Å². The molecule has 4 aromatic rings. The minimum absolute atomic E-state index is 0.133. The van der Waals surface area contributed by atoms with Gasteiger partial charge in [0, 0.05) is 31.7 Å². The highest BCUT2D eigenvalue weighted by Crippen LogP contribution is 2.29. The van der Waals surface area contributed by atoms with Crippen LogP contribution in [0.1, 0.15) is 47.5 Å². The summed E-state index contributed by atoms with van der Waals surface area (Å²) in [7, 11) is 0. The molecular formula is C27H32FN7O. The molecule has 36 heavy (non-hydrogen) atoms. The van der Waals surface area contributed by atoms with Crippen molar-refractivity contribution in [2.24, 2.45) is 0 Å². The van der Waals surface area contributed by atoms with Gasteiger partial charge in [0.25, 0.3) is 5.56 Å². The molecule has 0 unspecified atom stereocenters. The largest absolute Gasteiger partial charge is 0.321 e. The minimum atomic E-state index is -0.404. The molecule has 0 aliphatic carbocycles. The summed E-state index contributed by atoms with van der Waals surface area (Å²) < 4.78 is 15.2. The highest BCUT2D eigenvalue weighted by molar-refractivity contribution is 5.83. The van der Waals surface area contributed by atoms with Crippen LogP contribution in [0.25, 0.3) is 10.9 Å². The van der Waals surface area contributed by atoms with Crippen LogP contribution in [0.2, 0.25) is 0 Å². The number of hydrogen-bond donors (Lipinski definition) is 1. The number of benzene rings is 2. The zero-order valence-electron chi connectivity index (χ0n) is 21.0. The number of nitrogens with zero attached hydrogens (tertiary/aromatic N) is 6. The summed E-state index contributed by atoms with van der Waals surface area (Å²) in [5.74, 6) is 0.323. The fraction of sp³-hybridized carbons (Fsp3) is 0.407. The van der Waals surface area contributed by atoms with E-state index in [0.717, 1.165) is 66.7 Å². The summed E-state index contributed by atoms with van der Waals surface area (Å²) in [5.41, 5.74) is 4.42. The fourth-order valence-corrected chi connectivity index (χ4v) is 5.25. The molecule has 1 N–H and O–H groups in total. The number of tetrazole rings is 1. The minimum Gasteiger partial charge on any atom is -0.321 e. The first-order valence-corrected chi connectivity index (χ1v) is 12.5. The molecule has 0 amide bonds. The van der Waals surface area contributed by atoms with Crippen molar-refractivity contribution in [3.8, 4) is 0 Å². The number of halogens is 1. The van der Waals surface area contributed by atoms with Crippen molar-refractivity contribution >= 4 is 10.9 Å². The number of H-pyrrole nitrogens is 1. The molecule has 0 bridgehead atoms. The lowest BCUT2D eigenvalue weighted by Crippen LogP contribution is -2.49. The van der Waals surface area contributed by atoms with Crippen LogP contribution < -0.4 is 5.56 Å². The molecule has 1 aliphatic heterocycles. The molecule has 9 heteroatoms. The predicted octanol–water partition coefficient (Wildman–Crippen LogP) is 3.44. The average Bonchev–Trinajstić information content (AvgIpc) is 3.30. The SMILES string of the molecule is CCCN1CCN([C@H](c2cc3cc(C)cc(C)c3[nH]c2=O)c2nnnn2Cc2ccc(F)cc2)CC1. The monoisotopic (exact) mass is 489 g/mol. The molecular weight excluding hydrogens is 457 g/mol. The Balaban J connectivity index is 1.58. The van der Waals surface area contributed by atoms with Crippen molar-refractivity contribution in [1.82, 2.24) is 35.0 Å². The third-order valence-electron chi connectivity index (χ3n) is 6.98. The fourth-order valence-electron chi connectivity index (χ4n) is 5.25. The van der Waals surface area contributed by atoms with Crippen molar-refractivity contribution in [3.05, 3.63) is 86.7 Å². The van der Waals surface area contributed by atoms with Gasteiger partial charge < -0.3 is 9.88 Å². The van der Waals surface area contributed by atoms with E-state index in [9.17, 15) is 9.18 Å². The van der Waals surface area contributed by atoms with Gasteiger partial charge in [-0.05, 0) is 78.0 Å². The van der Waals surface area contributed by atoms with Gasteiger partial charge in [0.15, 0.2) is 5.82 Å². The second-order valence-corrected chi connectivity index (χ2v) is 9.70. The van der Waals surface area contributed by atoms with E-state index in [1.165, 1.54) is 12.1 Å². The van der Waals surface area contributed by atoms with Crippen LogP contribution in [0.4, 0.5) is 4.39 Å². The summed E-state index contributed by atoms with van der Waals surface area (Å²) in [6.45, 7) is 11.2. The normalized spacial score (nSPS) is 16.0. The maximum Gasteiger partial charge on any atom is 0.253 e. The highest BCUT2D eigenvalue weighted by Gasteiger charge is 2.32. The van der Waals surface area contributed by atoms with Crippen molar-refractivity contribution in [1.29, 1.82) is 0 Å². The van der Waals surface area contributed by atoms with E-state index in [2.05, 4.69) is 56.3 Å². The maximum atomic E-state index is 13.5. The van der Waals surface area contributed by atoms with Crippen molar-refractivity contribution in [2.45, 2.75) is 39.8 Å². The number of aromatic nitrogens is 5. The quantitative estimate of drug-likeness (QED) is 0.428. The molecule has 5 rings (SSSR count). The van der Waals surface area contributed by atoms with Crippen LogP contribution in [0.5, 0.6) is 0 Å². The summed E-state index contributed by atoms with van der Waals surface area (Å²) in [5, 5.41) is 13.6. The van der Waals surface area contributed by atoms with Gasteiger partial charge in [0.05, 0.1) is 12.1 Å². The molecule has 1 saturated heterocycles. The smallest absolute Gasteiger partial charge is 0.253 e.